The van der Waals surface area contributed by atoms with Crippen LogP contribution in [-0.4, -0.2) is 19.7 Å². The number of nitrogens with zero attached hydrogens (tertiary/aromatic N) is 3. The molecule has 0 aliphatic carbocycles. The van der Waals surface area contributed by atoms with Crippen molar-refractivity contribution in [3.63, 3.8) is 0 Å². The fraction of sp³-hybridized carbons (Fsp3) is 0.600. The molecule has 110 valence electrons. The highest BCUT2D eigenvalue weighted by Gasteiger charge is 2.27. The highest BCUT2D eigenvalue weighted by atomic mass is 15.2. The Morgan fingerprint density at radius 1 is 1.35 bits per heavy atom. The van der Waals surface area contributed by atoms with E-state index in [1.807, 2.05) is 24.9 Å². The lowest BCUT2D eigenvalue weighted by molar-refractivity contribution is 0.270. The van der Waals surface area contributed by atoms with Gasteiger partial charge in [0.1, 0.15) is 5.82 Å². The Balaban J connectivity index is 2.15. The fourth-order valence-corrected chi connectivity index (χ4v) is 2.54. The number of rotatable bonds is 4. The van der Waals surface area contributed by atoms with Crippen molar-refractivity contribution in [2.45, 2.75) is 47.2 Å². The van der Waals surface area contributed by atoms with Crippen LogP contribution in [0.4, 0.5) is 0 Å². The van der Waals surface area contributed by atoms with Gasteiger partial charge in [0.25, 0.3) is 0 Å². The van der Waals surface area contributed by atoms with Gasteiger partial charge in [-0.15, -0.1) is 0 Å². The number of hydrogen-bond acceptors (Lipinski definition) is 3. The van der Waals surface area contributed by atoms with Crippen LogP contribution in [0, 0.1) is 19.3 Å². The summed E-state index contributed by atoms with van der Waals surface area (Å²) in [5, 5.41) is 7.91. The number of imidazole rings is 1. The molecular formula is C15H25N5. The minimum Gasteiger partial charge on any atom is -0.346 e. The lowest BCUT2D eigenvalue weighted by Gasteiger charge is -2.31. The van der Waals surface area contributed by atoms with Crippen molar-refractivity contribution in [2.75, 3.05) is 0 Å². The maximum atomic E-state index is 4.52. The maximum Gasteiger partial charge on any atom is 0.103 e. The Morgan fingerprint density at radius 3 is 2.50 bits per heavy atom. The van der Waals surface area contributed by atoms with Gasteiger partial charge in [0.2, 0.25) is 0 Å². The van der Waals surface area contributed by atoms with E-state index in [1.165, 1.54) is 5.56 Å². The summed E-state index contributed by atoms with van der Waals surface area (Å²) in [6, 6.07) is 0.243. The van der Waals surface area contributed by atoms with Crippen molar-refractivity contribution < 1.29 is 0 Å². The molecule has 2 aromatic heterocycles. The molecular weight excluding hydrogens is 250 g/mol. The van der Waals surface area contributed by atoms with Gasteiger partial charge in [0.15, 0.2) is 0 Å². The second kappa shape index (κ2) is 5.40. The molecule has 0 aromatic carbocycles. The van der Waals surface area contributed by atoms with Gasteiger partial charge in [0, 0.05) is 37.1 Å². The SMILES string of the molecule is Cc1nc(CNC(c2cnn(C)c2)C(C)(C)C)c(C)[nH]1. The minimum absolute atomic E-state index is 0.113. The van der Waals surface area contributed by atoms with E-state index in [-0.39, 0.29) is 11.5 Å². The molecule has 0 saturated heterocycles. The molecule has 5 heteroatoms. The third-order valence-corrected chi connectivity index (χ3v) is 3.50. The fourth-order valence-electron chi connectivity index (χ4n) is 2.54. The molecule has 0 amide bonds. The van der Waals surface area contributed by atoms with Crippen LogP contribution < -0.4 is 5.32 Å². The molecule has 2 aromatic rings. The molecule has 0 fully saturated rings. The highest BCUT2D eigenvalue weighted by Crippen LogP contribution is 2.32. The first-order chi connectivity index (χ1) is 9.27. The van der Waals surface area contributed by atoms with E-state index in [0.29, 0.717) is 0 Å². The van der Waals surface area contributed by atoms with E-state index in [0.717, 1.165) is 23.8 Å². The molecule has 5 nitrogen and oxygen atoms in total. The van der Waals surface area contributed by atoms with E-state index in [1.54, 1.807) is 0 Å². The third-order valence-electron chi connectivity index (χ3n) is 3.50. The summed E-state index contributed by atoms with van der Waals surface area (Å²) in [5.41, 5.74) is 3.54. The molecule has 0 aliphatic rings. The molecule has 2 heterocycles. The first-order valence-electron chi connectivity index (χ1n) is 7.01. The van der Waals surface area contributed by atoms with Crippen molar-refractivity contribution in [3.05, 3.63) is 35.2 Å². The van der Waals surface area contributed by atoms with Crippen LogP contribution >= 0.6 is 0 Å². The molecule has 20 heavy (non-hydrogen) atoms. The molecule has 0 saturated carbocycles. The summed E-state index contributed by atoms with van der Waals surface area (Å²) in [6.45, 7) is 11.5. The number of aryl methyl sites for hydroxylation is 3. The summed E-state index contributed by atoms with van der Waals surface area (Å²) in [4.78, 5) is 7.77. The van der Waals surface area contributed by atoms with Gasteiger partial charge in [-0.3, -0.25) is 4.68 Å². The smallest absolute Gasteiger partial charge is 0.103 e. The molecule has 0 radical (unpaired) electrons. The summed E-state index contributed by atoms with van der Waals surface area (Å²) in [6.07, 6.45) is 4.01. The largest absolute Gasteiger partial charge is 0.346 e. The minimum atomic E-state index is 0.113. The molecule has 1 unspecified atom stereocenters. The van der Waals surface area contributed by atoms with Crippen LogP contribution in [0.3, 0.4) is 0 Å². The van der Waals surface area contributed by atoms with E-state index in [2.05, 4.69) is 54.3 Å². The lowest BCUT2D eigenvalue weighted by atomic mass is 9.83. The molecule has 0 spiro atoms. The maximum absolute atomic E-state index is 4.52. The third kappa shape index (κ3) is 3.28. The van der Waals surface area contributed by atoms with Gasteiger partial charge in [-0.2, -0.15) is 5.10 Å². The molecule has 0 aliphatic heterocycles. The predicted octanol–water partition coefficient (Wildman–Crippen LogP) is 2.64. The zero-order valence-corrected chi connectivity index (χ0v) is 13.3. The Kier molecular flexibility index (Phi) is 3.99. The average molecular weight is 275 g/mol. The summed E-state index contributed by atoms with van der Waals surface area (Å²) >= 11 is 0. The van der Waals surface area contributed by atoms with E-state index in [9.17, 15) is 0 Å². The Morgan fingerprint density at radius 2 is 2.05 bits per heavy atom. The first kappa shape index (κ1) is 14.8. The van der Waals surface area contributed by atoms with Gasteiger partial charge in [-0.05, 0) is 19.3 Å². The van der Waals surface area contributed by atoms with Crippen molar-refractivity contribution in [1.29, 1.82) is 0 Å². The summed E-state index contributed by atoms with van der Waals surface area (Å²) < 4.78 is 1.85. The molecule has 2 rings (SSSR count). The topological polar surface area (TPSA) is 58.5 Å². The van der Waals surface area contributed by atoms with Crippen molar-refractivity contribution in [1.82, 2.24) is 25.1 Å². The van der Waals surface area contributed by atoms with Crippen LogP contribution in [-0.2, 0) is 13.6 Å². The zero-order valence-electron chi connectivity index (χ0n) is 13.3. The summed E-state index contributed by atoms with van der Waals surface area (Å²) in [7, 11) is 1.95. The van der Waals surface area contributed by atoms with E-state index in [4.69, 9.17) is 0 Å². The number of aromatic amines is 1. The number of nitrogens with one attached hydrogen (secondary N) is 2. The molecule has 1 atom stereocenters. The van der Waals surface area contributed by atoms with Gasteiger partial charge in [-0.1, -0.05) is 20.8 Å². The van der Waals surface area contributed by atoms with Gasteiger partial charge >= 0.3 is 0 Å². The Bertz CT molecular complexity index is 573. The van der Waals surface area contributed by atoms with Crippen LogP contribution in [0.2, 0.25) is 0 Å². The first-order valence-corrected chi connectivity index (χ1v) is 7.01. The highest BCUT2D eigenvalue weighted by molar-refractivity contribution is 5.16. The van der Waals surface area contributed by atoms with Crippen LogP contribution in [0.5, 0.6) is 0 Å². The normalized spacial score (nSPS) is 13.7. The number of aromatic nitrogens is 4. The predicted molar refractivity (Wildman–Crippen MR) is 80.3 cm³/mol. The van der Waals surface area contributed by atoms with Gasteiger partial charge in [-0.25, -0.2) is 4.98 Å². The van der Waals surface area contributed by atoms with E-state index >= 15 is 0 Å². The van der Waals surface area contributed by atoms with Crippen LogP contribution in [0.25, 0.3) is 0 Å². The van der Waals surface area contributed by atoms with Crippen molar-refractivity contribution in [2.24, 2.45) is 12.5 Å². The van der Waals surface area contributed by atoms with Gasteiger partial charge in [0.05, 0.1) is 11.9 Å². The van der Waals surface area contributed by atoms with Gasteiger partial charge < -0.3 is 10.3 Å². The summed E-state index contributed by atoms with van der Waals surface area (Å²) in [5.74, 6) is 0.966. The standard InChI is InChI=1S/C15H25N5/c1-10-13(19-11(2)18-10)8-16-14(15(3,4)5)12-7-17-20(6)9-12/h7,9,14,16H,8H2,1-6H3,(H,18,19). The second-order valence-corrected chi connectivity index (χ2v) is 6.52. The molecule has 0 bridgehead atoms. The number of H-pyrrole nitrogens is 1. The van der Waals surface area contributed by atoms with Crippen LogP contribution in [0.15, 0.2) is 12.4 Å². The van der Waals surface area contributed by atoms with Crippen molar-refractivity contribution in [3.8, 4) is 0 Å². The Labute approximate surface area is 120 Å². The quantitative estimate of drug-likeness (QED) is 0.902. The monoisotopic (exact) mass is 275 g/mol. The second-order valence-electron chi connectivity index (χ2n) is 6.52. The van der Waals surface area contributed by atoms with E-state index < -0.39 is 0 Å². The number of hydrogen-bond donors (Lipinski definition) is 2. The lowest BCUT2D eigenvalue weighted by Crippen LogP contribution is -2.32. The van der Waals surface area contributed by atoms with Crippen molar-refractivity contribution >= 4 is 0 Å². The van der Waals surface area contributed by atoms with Crippen LogP contribution in [0.1, 0.15) is 49.6 Å². The zero-order chi connectivity index (χ0) is 14.9. The average Bonchev–Trinajstić information content (AvgIpc) is 2.84. The molecule has 2 N–H and O–H groups in total. The Hall–Kier alpha value is -1.62.